The summed E-state index contributed by atoms with van der Waals surface area (Å²) in [7, 11) is -4.82. The molecule has 0 spiro atoms. The Morgan fingerprint density at radius 3 is 1.19 bits per heavy atom. The van der Waals surface area contributed by atoms with Crippen molar-refractivity contribution in [3.8, 4) is 0 Å². The van der Waals surface area contributed by atoms with Gasteiger partial charge in [-0.05, 0) is 82.4 Å². The van der Waals surface area contributed by atoms with Crippen molar-refractivity contribution in [1.29, 1.82) is 0 Å². The zero-order valence-corrected chi connectivity index (χ0v) is 36.8. The number of hydrogen-bond acceptors (Lipinski definition) is 7. The van der Waals surface area contributed by atoms with Gasteiger partial charge in [-0.25, -0.2) is 18.0 Å². The third-order valence-electron chi connectivity index (χ3n) is 9.50. The molecule has 1 aromatic rings. The number of benzene rings is 1. The van der Waals surface area contributed by atoms with Gasteiger partial charge in [0.15, 0.2) is 0 Å². The molecule has 0 aliphatic heterocycles. The summed E-state index contributed by atoms with van der Waals surface area (Å²) in [6.07, 6.45) is 42.1. The van der Waals surface area contributed by atoms with E-state index in [1.807, 2.05) is 0 Å². The maximum absolute atomic E-state index is 12.9. The minimum atomic E-state index is -4.82. The van der Waals surface area contributed by atoms with Crippen LogP contribution in [0.3, 0.4) is 0 Å². The van der Waals surface area contributed by atoms with Gasteiger partial charge in [0.05, 0.1) is 29.2 Å². The Balaban J connectivity index is 0.0000270. The maximum atomic E-state index is 12.9. The third kappa shape index (κ3) is 29.5. The third-order valence-corrected chi connectivity index (χ3v) is 10.3. The van der Waals surface area contributed by atoms with Gasteiger partial charge < -0.3 is 14.0 Å². The van der Waals surface area contributed by atoms with Crippen molar-refractivity contribution in [2.75, 3.05) is 13.2 Å². The van der Waals surface area contributed by atoms with Gasteiger partial charge in [-0.15, -0.1) is 0 Å². The van der Waals surface area contributed by atoms with Crippen molar-refractivity contribution in [3.63, 3.8) is 0 Å². The molecule has 0 bridgehead atoms. The van der Waals surface area contributed by atoms with Crippen LogP contribution in [-0.2, 0) is 19.6 Å². The molecule has 1 aromatic carbocycles. The van der Waals surface area contributed by atoms with Gasteiger partial charge in [-0.3, -0.25) is 0 Å². The minimum Gasteiger partial charge on any atom is -0.744 e. The predicted octanol–water partition coefficient (Wildman–Crippen LogP) is 9.98. The van der Waals surface area contributed by atoms with Gasteiger partial charge in [0, 0.05) is 0 Å². The Hall–Kier alpha value is -1.45. The van der Waals surface area contributed by atoms with Crippen LogP contribution in [0, 0.1) is 0 Å². The van der Waals surface area contributed by atoms with Gasteiger partial charge in [0.25, 0.3) is 0 Å². The molecule has 0 heterocycles. The smallest absolute Gasteiger partial charge is 0.744 e. The summed E-state index contributed by atoms with van der Waals surface area (Å²) in [4.78, 5) is 25.2. The molecule has 0 aliphatic rings. The molecule has 53 heavy (non-hydrogen) atoms. The summed E-state index contributed by atoms with van der Waals surface area (Å²) >= 11 is 0. The zero-order chi connectivity index (χ0) is 38.0. The molecule has 298 valence electrons. The quantitative estimate of drug-likeness (QED) is 0.0222. The molecule has 0 saturated carbocycles. The summed E-state index contributed by atoms with van der Waals surface area (Å²) in [6, 6.07) is 3.12. The fraction of sp³-hybridized carbons (Fsp3) is 0.727. The van der Waals surface area contributed by atoms with Crippen LogP contribution in [0.1, 0.15) is 214 Å². The molecule has 7 nitrogen and oxygen atoms in total. The normalized spacial score (nSPS) is 11.7. The first-order chi connectivity index (χ1) is 25.3. The molecule has 0 N–H and O–H groups in total. The second-order valence-electron chi connectivity index (χ2n) is 14.3. The Morgan fingerprint density at radius 2 is 0.830 bits per heavy atom. The number of allylic oxidation sites excluding steroid dienone is 4. The topological polar surface area (TPSA) is 110 Å². The molecule has 0 aromatic heterocycles. The summed E-state index contributed by atoms with van der Waals surface area (Å²) in [5.74, 6) is -1.56. The first-order valence-corrected chi connectivity index (χ1v) is 22.5. The second-order valence-corrected chi connectivity index (χ2v) is 15.7. The van der Waals surface area contributed by atoms with Crippen LogP contribution in [0.4, 0.5) is 0 Å². The predicted molar refractivity (Wildman–Crippen MR) is 214 cm³/mol. The van der Waals surface area contributed by atoms with Crippen molar-refractivity contribution in [1.82, 2.24) is 0 Å². The Labute approximate surface area is 347 Å². The summed E-state index contributed by atoms with van der Waals surface area (Å²) in [5, 5.41) is 0. The van der Waals surface area contributed by atoms with Crippen molar-refractivity contribution in [2.24, 2.45) is 0 Å². The van der Waals surface area contributed by atoms with Crippen LogP contribution in [0.15, 0.2) is 47.4 Å². The van der Waals surface area contributed by atoms with Crippen LogP contribution in [0.5, 0.6) is 0 Å². The van der Waals surface area contributed by atoms with Crippen molar-refractivity contribution < 1.29 is 61.6 Å². The van der Waals surface area contributed by atoms with E-state index in [4.69, 9.17) is 9.47 Å². The number of unbranched alkanes of at least 4 members (excludes halogenated alkanes) is 24. The van der Waals surface area contributed by atoms with Crippen LogP contribution < -0.4 is 29.6 Å². The molecule has 9 heteroatoms. The number of carbonyl (C=O) groups is 2. The maximum Gasteiger partial charge on any atom is 1.00 e. The fourth-order valence-electron chi connectivity index (χ4n) is 6.21. The standard InChI is InChI=1S/C44H74O7S.Na/c1-3-5-7-9-11-13-15-17-19-21-23-25-27-29-31-33-37-50-43(45)41-36-35-40(52(47,48)49)39-42(41)44(46)51-38-34-32-30-28-26-24-22-20-18-16-14-12-10-8-6-4-2;/h15-18,35-36,39H,3-14,19-34,37-38H2,1-2H3,(H,47,48,49);/q;+1/p-1/b17-15+,18-16+;. The van der Waals surface area contributed by atoms with Gasteiger partial charge >= 0.3 is 41.5 Å². The molecule has 1 rings (SSSR count). The van der Waals surface area contributed by atoms with Gasteiger partial charge in [0.1, 0.15) is 10.1 Å². The summed E-state index contributed by atoms with van der Waals surface area (Å²) < 4.78 is 45.7. The molecule has 0 radical (unpaired) electrons. The van der Waals surface area contributed by atoms with Crippen LogP contribution in [-0.4, -0.2) is 38.1 Å². The van der Waals surface area contributed by atoms with E-state index in [2.05, 4.69) is 38.2 Å². The van der Waals surface area contributed by atoms with Crippen LogP contribution in [0.2, 0.25) is 0 Å². The molecule has 0 aliphatic carbocycles. The number of esters is 2. The monoisotopic (exact) mass is 768 g/mol. The summed E-state index contributed by atoms with van der Waals surface area (Å²) in [6.45, 7) is 4.84. The van der Waals surface area contributed by atoms with Crippen LogP contribution in [0.25, 0.3) is 0 Å². The van der Waals surface area contributed by atoms with E-state index >= 15 is 0 Å². The second kappa shape index (κ2) is 36.2. The van der Waals surface area contributed by atoms with E-state index < -0.39 is 27.0 Å². The molecular weight excluding hydrogens is 696 g/mol. The van der Waals surface area contributed by atoms with Gasteiger partial charge in [-0.1, -0.05) is 154 Å². The van der Waals surface area contributed by atoms with Gasteiger partial charge in [0.2, 0.25) is 0 Å². The molecule has 0 unspecified atom stereocenters. The number of rotatable bonds is 35. The number of ether oxygens (including phenoxy) is 2. The largest absolute Gasteiger partial charge is 1.00 e. The fourth-order valence-corrected chi connectivity index (χ4v) is 6.71. The van der Waals surface area contributed by atoms with Crippen molar-refractivity contribution in [3.05, 3.63) is 53.6 Å². The number of hydrogen-bond donors (Lipinski definition) is 0. The number of carbonyl (C=O) groups excluding carboxylic acids is 2. The van der Waals surface area contributed by atoms with Crippen molar-refractivity contribution >= 4 is 22.1 Å². The van der Waals surface area contributed by atoms with E-state index in [1.165, 1.54) is 116 Å². The van der Waals surface area contributed by atoms with E-state index in [9.17, 15) is 22.6 Å². The SMILES string of the molecule is CCCCCCC/C=C/CCCCCCCCCOC(=O)c1ccc(S(=O)(=O)[O-])cc1C(=O)OCCCCCCCCC/C=C/CCCCCCC.[Na+]. The van der Waals surface area contributed by atoms with Crippen molar-refractivity contribution in [2.45, 2.75) is 199 Å². The Bertz CT molecular complexity index is 1210. The molecule has 0 fully saturated rings. The average molecular weight is 769 g/mol. The first kappa shape index (κ1) is 51.5. The zero-order valence-electron chi connectivity index (χ0n) is 34.0. The minimum absolute atomic E-state index is 0. The first-order valence-electron chi connectivity index (χ1n) is 21.0. The van der Waals surface area contributed by atoms with E-state index in [1.54, 1.807) is 0 Å². The molecule has 0 amide bonds. The molecule has 0 atom stereocenters. The average Bonchev–Trinajstić information content (AvgIpc) is 3.13. The Kier molecular flexibility index (Phi) is 35.2. The van der Waals surface area contributed by atoms with E-state index in [0.717, 1.165) is 69.6 Å². The van der Waals surface area contributed by atoms with Crippen LogP contribution >= 0.6 is 0 Å². The van der Waals surface area contributed by atoms with Gasteiger partial charge in [-0.2, -0.15) is 0 Å². The molecular formula is C44H73NaO7S. The Morgan fingerprint density at radius 1 is 0.509 bits per heavy atom. The van der Waals surface area contributed by atoms with E-state index in [0.29, 0.717) is 12.8 Å². The summed E-state index contributed by atoms with van der Waals surface area (Å²) in [5.41, 5.74) is -0.348. The molecule has 0 saturated heterocycles. The van der Waals surface area contributed by atoms with E-state index in [-0.39, 0.29) is 53.9 Å².